The van der Waals surface area contributed by atoms with Gasteiger partial charge in [-0.25, -0.2) is 8.78 Å². The molecule has 0 aliphatic heterocycles. The van der Waals surface area contributed by atoms with Gasteiger partial charge in [-0.15, -0.1) is 0 Å². The van der Waals surface area contributed by atoms with Crippen LogP contribution < -0.4 is 0 Å². The minimum Gasteiger partial charge on any atom is -0.371 e. The van der Waals surface area contributed by atoms with Crippen molar-refractivity contribution >= 4 is 0 Å². The minimum atomic E-state index is -0.534. The molecular formula is C17H26F2O2. The molecule has 1 aromatic rings. The van der Waals surface area contributed by atoms with Crippen molar-refractivity contribution in [3.05, 3.63) is 34.9 Å². The van der Waals surface area contributed by atoms with Crippen LogP contribution in [0.2, 0.25) is 0 Å². The average molecular weight is 300 g/mol. The summed E-state index contributed by atoms with van der Waals surface area (Å²) in [5.41, 5.74) is 0.606. The molecule has 1 rings (SSSR count). The lowest BCUT2D eigenvalue weighted by molar-refractivity contribution is -0.0543. The van der Waals surface area contributed by atoms with Crippen LogP contribution >= 0.6 is 0 Å². The molecule has 0 heterocycles. The predicted molar refractivity (Wildman–Crippen MR) is 80.1 cm³/mol. The fourth-order valence-corrected chi connectivity index (χ4v) is 2.55. The monoisotopic (exact) mass is 300 g/mol. The van der Waals surface area contributed by atoms with Crippen LogP contribution in [0.4, 0.5) is 8.78 Å². The molecule has 0 aliphatic rings. The van der Waals surface area contributed by atoms with Gasteiger partial charge in [0.25, 0.3) is 0 Å². The number of ether oxygens (including phenoxy) is 1. The van der Waals surface area contributed by atoms with Crippen molar-refractivity contribution in [2.75, 3.05) is 6.79 Å². The Bertz CT molecular complexity index is 408. The fraction of sp³-hybridized carbons (Fsp3) is 0.647. The zero-order chi connectivity index (χ0) is 15.8. The van der Waals surface area contributed by atoms with E-state index in [2.05, 4.69) is 13.8 Å². The van der Waals surface area contributed by atoms with Crippen LogP contribution in [0.25, 0.3) is 0 Å². The molecule has 4 heteroatoms. The van der Waals surface area contributed by atoms with E-state index in [0.717, 1.165) is 25.7 Å². The molecule has 2 nitrogen and oxygen atoms in total. The van der Waals surface area contributed by atoms with E-state index >= 15 is 0 Å². The summed E-state index contributed by atoms with van der Waals surface area (Å²) in [6.45, 7) is 5.36. The quantitative estimate of drug-likeness (QED) is 0.686. The van der Waals surface area contributed by atoms with E-state index in [0.29, 0.717) is 17.9 Å². The van der Waals surface area contributed by atoms with Crippen molar-refractivity contribution in [1.29, 1.82) is 0 Å². The third-order valence-corrected chi connectivity index (χ3v) is 4.17. The van der Waals surface area contributed by atoms with Gasteiger partial charge < -0.3 is 9.84 Å². The summed E-state index contributed by atoms with van der Waals surface area (Å²) in [5, 5.41) is 8.98. The predicted octanol–water partition coefficient (Wildman–Crippen LogP) is 4.37. The van der Waals surface area contributed by atoms with Gasteiger partial charge >= 0.3 is 0 Å². The van der Waals surface area contributed by atoms with Crippen LogP contribution in [-0.4, -0.2) is 18.0 Å². The second kappa shape index (κ2) is 9.11. The summed E-state index contributed by atoms with van der Waals surface area (Å²) in [7, 11) is 0. The van der Waals surface area contributed by atoms with Crippen LogP contribution in [0.15, 0.2) is 12.1 Å². The molecule has 1 unspecified atom stereocenters. The third kappa shape index (κ3) is 5.71. The van der Waals surface area contributed by atoms with Crippen LogP contribution in [-0.2, 0) is 11.2 Å². The Morgan fingerprint density at radius 1 is 1.10 bits per heavy atom. The summed E-state index contributed by atoms with van der Waals surface area (Å²) >= 11 is 0. The van der Waals surface area contributed by atoms with E-state index < -0.39 is 11.6 Å². The highest BCUT2D eigenvalue weighted by molar-refractivity contribution is 5.25. The first-order valence-corrected chi connectivity index (χ1v) is 7.68. The molecule has 0 fully saturated rings. The second-order valence-corrected chi connectivity index (χ2v) is 5.57. The van der Waals surface area contributed by atoms with Crippen molar-refractivity contribution in [2.45, 2.75) is 59.0 Å². The highest BCUT2D eigenvalue weighted by atomic mass is 19.1. The van der Waals surface area contributed by atoms with Gasteiger partial charge in [0.2, 0.25) is 0 Å². The molecule has 0 saturated carbocycles. The van der Waals surface area contributed by atoms with E-state index in [1.54, 1.807) is 0 Å². The van der Waals surface area contributed by atoms with E-state index in [9.17, 15) is 8.78 Å². The van der Waals surface area contributed by atoms with Crippen LogP contribution in [0.1, 0.15) is 50.7 Å². The molecule has 0 bridgehead atoms. The summed E-state index contributed by atoms with van der Waals surface area (Å²) in [6.07, 6.45) is 4.19. The van der Waals surface area contributed by atoms with E-state index in [1.807, 2.05) is 0 Å². The van der Waals surface area contributed by atoms with Crippen molar-refractivity contribution in [3.8, 4) is 0 Å². The average Bonchev–Trinajstić information content (AvgIpc) is 2.45. The van der Waals surface area contributed by atoms with Crippen molar-refractivity contribution in [3.63, 3.8) is 0 Å². The van der Waals surface area contributed by atoms with Crippen molar-refractivity contribution < 1.29 is 18.6 Å². The normalized spacial score (nSPS) is 12.9. The smallest absolute Gasteiger partial charge is 0.143 e. The lowest BCUT2D eigenvalue weighted by Crippen LogP contribution is -2.18. The van der Waals surface area contributed by atoms with E-state index in [1.165, 1.54) is 19.1 Å². The Balaban J connectivity index is 2.69. The number of hydrogen-bond acceptors (Lipinski definition) is 2. The van der Waals surface area contributed by atoms with Crippen LogP contribution in [0.3, 0.4) is 0 Å². The summed E-state index contributed by atoms with van der Waals surface area (Å²) in [5.74, 6) is -0.443. The molecule has 0 radical (unpaired) electrons. The number of benzene rings is 1. The maximum Gasteiger partial charge on any atom is 0.143 e. The van der Waals surface area contributed by atoms with E-state index in [-0.39, 0.29) is 18.5 Å². The highest BCUT2D eigenvalue weighted by Gasteiger charge is 2.15. The van der Waals surface area contributed by atoms with Gasteiger partial charge in [0, 0.05) is 5.56 Å². The van der Waals surface area contributed by atoms with Gasteiger partial charge in [-0.05, 0) is 49.8 Å². The Kier molecular flexibility index (Phi) is 7.83. The fourth-order valence-electron chi connectivity index (χ4n) is 2.55. The summed E-state index contributed by atoms with van der Waals surface area (Å²) < 4.78 is 32.4. The maximum atomic E-state index is 13.6. The number of hydrogen-bond donors (Lipinski definition) is 1. The summed E-state index contributed by atoms with van der Waals surface area (Å²) in [6, 6.07) is 2.70. The molecular weight excluding hydrogens is 274 g/mol. The van der Waals surface area contributed by atoms with E-state index in [4.69, 9.17) is 9.84 Å². The number of aliphatic hydroxyl groups is 1. The Labute approximate surface area is 126 Å². The standard InChI is InChI=1S/C17H26F2O2/c1-4-13(5-2)6-7-15(21-11-20)8-14-9-16(18)12(3)17(19)10-14/h9-10,13,15,20H,4-8,11H2,1-3H3. The highest BCUT2D eigenvalue weighted by Crippen LogP contribution is 2.21. The first-order chi connectivity index (χ1) is 10.0. The molecule has 120 valence electrons. The second-order valence-electron chi connectivity index (χ2n) is 5.57. The van der Waals surface area contributed by atoms with Crippen molar-refractivity contribution in [1.82, 2.24) is 0 Å². The SMILES string of the molecule is CCC(CC)CCC(Cc1cc(F)c(C)c(F)c1)OCO. The topological polar surface area (TPSA) is 29.5 Å². The Morgan fingerprint density at radius 3 is 2.14 bits per heavy atom. The minimum absolute atomic E-state index is 0.0374. The largest absolute Gasteiger partial charge is 0.371 e. The van der Waals surface area contributed by atoms with Gasteiger partial charge in [-0.1, -0.05) is 26.7 Å². The first-order valence-electron chi connectivity index (χ1n) is 7.68. The first kappa shape index (κ1) is 18.1. The molecule has 1 aromatic carbocycles. The van der Waals surface area contributed by atoms with Crippen LogP contribution in [0.5, 0.6) is 0 Å². The molecule has 0 spiro atoms. The maximum absolute atomic E-state index is 13.6. The Morgan fingerprint density at radius 2 is 1.67 bits per heavy atom. The zero-order valence-corrected chi connectivity index (χ0v) is 13.2. The van der Waals surface area contributed by atoms with Gasteiger partial charge in [-0.3, -0.25) is 0 Å². The molecule has 0 saturated heterocycles. The molecule has 1 N–H and O–H groups in total. The van der Waals surface area contributed by atoms with Crippen molar-refractivity contribution in [2.24, 2.45) is 5.92 Å². The summed E-state index contributed by atoms with van der Waals surface area (Å²) in [4.78, 5) is 0. The number of halogens is 2. The molecule has 0 aromatic heterocycles. The zero-order valence-electron chi connectivity index (χ0n) is 13.2. The Hall–Kier alpha value is -1.00. The molecule has 21 heavy (non-hydrogen) atoms. The lowest BCUT2D eigenvalue weighted by atomic mass is 9.93. The molecule has 1 atom stereocenters. The van der Waals surface area contributed by atoms with Gasteiger partial charge in [0.1, 0.15) is 18.4 Å². The number of rotatable bonds is 9. The lowest BCUT2D eigenvalue weighted by Gasteiger charge is -2.20. The number of aliphatic hydroxyl groups excluding tert-OH is 1. The van der Waals surface area contributed by atoms with Crippen LogP contribution in [0, 0.1) is 24.5 Å². The van der Waals surface area contributed by atoms with Gasteiger partial charge in [0.05, 0.1) is 6.10 Å². The van der Waals surface area contributed by atoms with Gasteiger partial charge in [0.15, 0.2) is 0 Å². The molecule has 0 amide bonds. The molecule has 0 aliphatic carbocycles. The third-order valence-electron chi connectivity index (χ3n) is 4.17. The van der Waals surface area contributed by atoms with Gasteiger partial charge in [-0.2, -0.15) is 0 Å².